The molecule has 0 aliphatic carbocycles. The zero-order chi connectivity index (χ0) is 24.0. The molecule has 0 radical (unpaired) electrons. The molecule has 0 fully saturated rings. The van der Waals surface area contributed by atoms with E-state index in [-0.39, 0.29) is 11.3 Å². The predicted molar refractivity (Wildman–Crippen MR) is 133 cm³/mol. The number of carboxylic acids is 1. The highest BCUT2D eigenvalue weighted by Gasteiger charge is 2.22. The van der Waals surface area contributed by atoms with Crippen LogP contribution in [0.4, 0.5) is 0 Å². The van der Waals surface area contributed by atoms with Crippen LogP contribution >= 0.6 is 0 Å². The van der Waals surface area contributed by atoms with Gasteiger partial charge in [-0.15, -0.1) is 0 Å². The molecule has 3 aromatic rings. The van der Waals surface area contributed by atoms with Crippen LogP contribution in [0.25, 0.3) is 22.2 Å². The Morgan fingerprint density at radius 1 is 0.969 bits per heavy atom. The van der Waals surface area contributed by atoms with Crippen molar-refractivity contribution in [3.63, 3.8) is 0 Å². The summed E-state index contributed by atoms with van der Waals surface area (Å²) in [6.45, 7) is 18.2. The van der Waals surface area contributed by atoms with Crippen LogP contribution in [-0.4, -0.2) is 45.7 Å². The highest BCUT2D eigenvalue weighted by Crippen LogP contribution is 2.37. The Morgan fingerprint density at radius 2 is 1.53 bits per heavy atom. The van der Waals surface area contributed by atoms with Crippen LogP contribution in [0.2, 0.25) is 0 Å². The number of hydrogen-bond acceptors (Lipinski definition) is 4. The molecule has 0 unspecified atom stereocenters. The van der Waals surface area contributed by atoms with Crippen LogP contribution in [0.3, 0.4) is 0 Å². The molecule has 5 heteroatoms. The smallest absolute Gasteiger partial charge is 0.340 e. The first-order valence-corrected chi connectivity index (χ1v) is 11.3. The normalized spacial score (nSPS) is 11.0. The summed E-state index contributed by atoms with van der Waals surface area (Å²) >= 11 is 0. The van der Waals surface area contributed by atoms with Crippen LogP contribution in [-0.2, 0) is 0 Å². The molecule has 1 heterocycles. The van der Waals surface area contributed by atoms with Gasteiger partial charge in [-0.2, -0.15) is 0 Å². The maximum absolute atomic E-state index is 11.8. The van der Waals surface area contributed by atoms with Crippen LogP contribution in [0.15, 0.2) is 36.4 Å². The molecule has 5 nitrogen and oxygen atoms in total. The topological polar surface area (TPSA) is 73.7 Å². The summed E-state index contributed by atoms with van der Waals surface area (Å²) in [5.74, 6) is -1.06. The molecule has 0 spiro atoms. The number of hydrogen-bond donors (Lipinski definition) is 2. The molecule has 3 rings (SSSR count). The molecule has 0 saturated carbocycles. The van der Waals surface area contributed by atoms with E-state index in [1.807, 2.05) is 44.2 Å². The first kappa shape index (κ1) is 25.3. The van der Waals surface area contributed by atoms with E-state index in [1.165, 1.54) is 25.2 Å². The number of fused-ring (bicyclic) bond motifs is 1. The van der Waals surface area contributed by atoms with Gasteiger partial charge in [0.05, 0.1) is 5.52 Å². The molecule has 0 bridgehead atoms. The van der Waals surface area contributed by atoms with Crippen LogP contribution in [0.5, 0.6) is 5.75 Å². The van der Waals surface area contributed by atoms with Crippen LogP contribution in [0.1, 0.15) is 67.6 Å². The minimum Gasteiger partial charge on any atom is -0.505 e. The lowest BCUT2D eigenvalue weighted by molar-refractivity contribution is 0.0696. The predicted octanol–water partition coefficient (Wildman–Crippen LogP) is 6.39. The second-order valence-electron chi connectivity index (χ2n) is 8.29. The summed E-state index contributed by atoms with van der Waals surface area (Å²) in [6.07, 6.45) is 0. The van der Waals surface area contributed by atoms with Crippen LogP contribution in [0, 0.1) is 13.8 Å². The SMILES string of the molecule is CCN(CC)CC.Cc1ccc2c(C(=O)O)c(O)c(-c3ccc(C(C)C)cc3)nc2c1C. The monoisotopic (exact) mass is 436 g/mol. The molecule has 2 N–H and O–H groups in total. The van der Waals surface area contributed by atoms with Crippen molar-refractivity contribution in [1.82, 2.24) is 9.88 Å². The Balaban J connectivity index is 0.000000451. The van der Waals surface area contributed by atoms with Crippen molar-refractivity contribution in [2.75, 3.05) is 19.6 Å². The zero-order valence-corrected chi connectivity index (χ0v) is 20.4. The van der Waals surface area contributed by atoms with E-state index >= 15 is 0 Å². The molecule has 32 heavy (non-hydrogen) atoms. The number of aromatic hydroxyl groups is 1. The van der Waals surface area contributed by atoms with E-state index in [9.17, 15) is 15.0 Å². The summed E-state index contributed by atoms with van der Waals surface area (Å²) < 4.78 is 0. The Labute approximate surface area is 191 Å². The van der Waals surface area contributed by atoms with Gasteiger partial charge in [0, 0.05) is 10.9 Å². The molecule has 0 atom stereocenters. The Hall–Kier alpha value is -2.92. The van der Waals surface area contributed by atoms with Gasteiger partial charge >= 0.3 is 5.97 Å². The third-order valence-corrected chi connectivity index (χ3v) is 6.06. The quantitative estimate of drug-likeness (QED) is 0.468. The third-order valence-electron chi connectivity index (χ3n) is 6.06. The van der Waals surface area contributed by atoms with E-state index in [1.54, 1.807) is 6.07 Å². The van der Waals surface area contributed by atoms with Crippen molar-refractivity contribution in [1.29, 1.82) is 0 Å². The lowest BCUT2D eigenvalue weighted by Crippen LogP contribution is -2.21. The summed E-state index contributed by atoms with van der Waals surface area (Å²) in [4.78, 5) is 18.8. The Kier molecular flexibility index (Phi) is 8.79. The average molecular weight is 437 g/mol. The van der Waals surface area contributed by atoms with Crippen molar-refractivity contribution >= 4 is 16.9 Å². The molecular formula is C27H36N2O3. The zero-order valence-electron chi connectivity index (χ0n) is 20.4. The fourth-order valence-corrected chi connectivity index (χ4v) is 3.67. The molecule has 2 aromatic carbocycles. The third kappa shape index (κ3) is 5.46. The van der Waals surface area contributed by atoms with Crippen molar-refractivity contribution < 1.29 is 15.0 Å². The number of rotatable bonds is 6. The number of carboxylic acid groups (broad SMARTS) is 1. The summed E-state index contributed by atoms with van der Waals surface area (Å²) in [6, 6.07) is 11.3. The van der Waals surface area contributed by atoms with Gasteiger partial charge in [0.15, 0.2) is 5.75 Å². The van der Waals surface area contributed by atoms with Gasteiger partial charge < -0.3 is 15.1 Å². The molecule has 0 aliphatic heterocycles. The van der Waals surface area contributed by atoms with Crippen molar-refractivity contribution in [3.05, 3.63) is 58.7 Å². The number of pyridine rings is 1. The maximum atomic E-state index is 11.8. The number of aromatic carboxylic acids is 1. The molecule has 1 aromatic heterocycles. The second kappa shape index (κ2) is 11.1. The lowest BCUT2D eigenvalue weighted by atomic mass is 9.96. The first-order valence-electron chi connectivity index (χ1n) is 11.3. The van der Waals surface area contributed by atoms with Gasteiger partial charge in [0.25, 0.3) is 0 Å². The number of benzene rings is 2. The van der Waals surface area contributed by atoms with Crippen molar-refractivity contribution in [2.45, 2.75) is 54.4 Å². The number of aromatic nitrogens is 1. The summed E-state index contributed by atoms with van der Waals surface area (Å²) in [5.41, 5.74) is 4.63. The van der Waals surface area contributed by atoms with Gasteiger partial charge in [-0.25, -0.2) is 9.78 Å². The van der Waals surface area contributed by atoms with Crippen molar-refractivity contribution in [2.24, 2.45) is 0 Å². The lowest BCUT2D eigenvalue weighted by Gasteiger charge is -2.14. The largest absolute Gasteiger partial charge is 0.505 e. The van der Waals surface area contributed by atoms with Crippen LogP contribution < -0.4 is 0 Å². The summed E-state index contributed by atoms with van der Waals surface area (Å²) in [5, 5.41) is 20.7. The minimum absolute atomic E-state index is 0.101. The van der Waals surface area contributed by atoms with E-state index in [4.69, 9.17) is 0 Å². The minimum atomic E-state index is -1.16. The average Bonchev–Trinajstić information content (AvgIpc) is 2.77. The number of aryl methyl sites for hydroxylation is 2. The highest BCUT2D eigenvalue weighted by atomic mass is 16.4. The molecular weight excluding hydrogens is 400 g/mol. The van der Waals surface area contributed by atoms with Gasteiger partial charge in [-0.1, -0.05) is 71.0 Å². The Bertz CT molecular complexity index is 1060. The maximum Gasteiger partial charge on any atom is 0.340 e. The second-order valence-corrected chi connectivity index (χ2v) is 8.29. The number of nitrogens with zero attached hydrogens (tertiary/aromatic N) is 2. The van der Waals surface area contributed by atoms with E-state index in [0.717, 1.165) is 11.1 Å². The fourth-order valence-electron chi connectivity index (χ4n) is 3.67. The fraction of sp³-hybridized carbons (Fsp3) is 0.407. The standard InChI is InChI=1S/C21H21NO3.C6H15N/c1-11(2)14-6-8-15(9-7-14)19-20(23)17(21(24)25)16-10-5-12(3)13(4)18(16)22-19;1-4-7(5-2)6-3/h5-11,23H,1-4H3,(H,24,25);4-6H2,1-3H3. The van der Waals surface area contributed by atoms with E-state index < -0.39 is 5.97 Å². The van der Waals surface area contributed by atoms with Gasteiger partial charge in [0.2, 0.25) is 0 Å². The first-order chi connectivity index (χ1) is 15.2. The van der Waals surface area contributed by atoms with Gasteiger partial charge in [-0.05, 0) is 56.1 Å². The van der Waals surface area contributed by atoms with Gasteiger partial charge in [-0.3, -0.25) is 0 Å². The molecule has 172 valence electrons. The van der Waals surface area contributed by atoms with Crippen molar-refractivity contribution in [3.8, 4) is 17.0 Å². The summed E-state index contributed by atoms with van der Waals surface area (Å²) in [7, 11) is 0. The number of carbonyl (C=O) groups is 1. The van der Waals surface area contributed by atoms with E-state index in [2.05, 4.69) is 44.5 Å². The molecule has 0 aliphatic rings. The van der Waals surface area contributed by atoms with Gasteiger partial charge in [0.1, 0.15) is 11.3 Å². The highest BCUT2D eigenvalue weighted by molar-refractivity contribution is 6.08. The van der Waals surface area contributed by atoms with E-state index in [0.29, 0.717) is 28.1 Å². The molecule has 0 saturated heterocycles. The Morgan fingerprint density at radius 3 is 1.97 bits per heavy atom. The molecule has 0 amide bonds.